The molecule has 0 saturated carbocycles. The van der Waals surface area contributed by atoms with E-state index in [1.54, 1.807) is 0 Å². The van der Waals surface area contributed by atoms with Crippen molar-refractivity contribution < 1.29 is 13.3 Å². The Morgan fingerprint density at radius 3 is 1.14 bits per heavy atom. The smallest absolute Gasteiger partial charge is 0.159 e. The molecule has 3 heterocycles. The maximum absolute atomic E-state index is 6.61. The van der Waals surface area contributed by atoms with E-state index in [9.17, 15) is 0 Å². The van der Waals surface area contributed by atoms with Gasteiger partial charge in [-0.25, -0.2) is 0 Å². The molecule has 3 aromatic heterocycles. The average Bonchev–Trinajstić information content (AvgIpc) is 1.47. The SMILES string of the molecule is Brc1cc2ccccc2c2ccccc12.Brc1ccc(-c2cccc3ccccc23)cc1.Nc1cccc2c1oc1ccccc12.c1ccc2c(-c3ccc(N(c4cc5ccccc5c5ccccc45)c4cccc5c4oc4ccccc45)cc3)cccc2c1.c1ccc2c(c1)cc(Nc1cccc3c1oc1ccccc13)c1ccccc12. The fraction of sp³-hybridized carbons (Fsp3) is 0. The molecule has 118 heavy (non-hydrogen) atoms. The number of nitrogens with zero attached hydrogens (tertiary/aromatic N) is 1. The third kappa shape index (κ3) is 13.8. The number of halogens is 2. The molecule has 0 radical (unpaired) electrons. The number of anilines is 6. The third-order valence-electron chi connectivity index (χ3n) is 22.4. The number of rotatable bonds is 7. The summed E-state index contributed by atoms with van der Waals surface area (Å²) in [6, 6.07) is 149. The van der Waals surface area contributed by atoms with Crippen LogP contribution >= 0.6 is 31.9 Å². The molecule has 0 aliphatic carbocycles. The van der Waals surface area contributed by atoms with E-state index in [1.807, 2.05) is 72.8 Å². The summed E-state index contributed by atoms with van der Waals surface area (Å²) in [5.41, 5.74) is 22.0. The first-order valence-electron chi connectivity index (χ1n) is 39.5. The van der Waals surface area contributed by atoms with Gasteiger partial charge in [-0.3, -0.25) is 0 Å². The van der Waals surface area contributed by atoms with Crippen molar-refractivity contribution in [1.29, 1.82) is 0 Å². The van der Waals surface area contributed by atoms with Gasteiger partial charge in [0.1, 0.15) is 16.7 Å². The lowest BCUT2D eigenvalue weighted by Crippen LogP contribution is -2.11. The van der Waals surface area contributed by atoms with Crippen LogP contribution in [0, 0.1) is 0 Å². The number of nitrogens with one attached hydrogen (secondary N) is 1. The van der Waals surface area contributed by atoms with E-state index < -0.39 is 0 Å². The second-order valence-corrected chi connectivity index (χ2v) is 31.2. The first-order chi connectivity index (χ1) is 58.3. The van der Waals surface area contributed by atoms with Crippen LogP contribution in [0.3, 0.4) is 0 Å². The van der Waals surface area contributed by atoms with Gasteiger partial charge in [0, 0.05) is 63.4 Å². The fourth-order valence-electron chi connectivity index (χ4n) is 16.8. The summed E-state index contributed by atoms with van der Waals surface area (Å²) >= 11 is 7.09. The Labute approximate surface area is 697 Å². The molecular formula is C110H73Br2N3O3. The highest BCUT2D eigenvalue weighted by Crippen LogP contribution is 2.48. The highest BCUT2D eigenvalue weighted by atomic mass is 79.9. The Kier molecular flexibility index (Phi) is 19.4. The highest BCUT2D eigenvalue weighted by molar-refractivity contribution is 9.11. The van der Waals surface area contributed by atoms with Gasteiger partial charge in [-0.15, -0.1) is 0 Å². The number of fused-ring (bicyclic) bond motifs is 20. The minimum atomic E-state index is 0.693. The minimum absolute atomic E-state index is 0.693. The summed E-state index contributed by atoms with van der Waals surface area (Å²) in [7, 11) is 0. The van der Waals surface area contributed by atoms with Gasteiger partial charge in [0.15, 0.2) is 16.7 Å². The van der Waals surface area contributed by atoms with Crippen molar-refractivity contribution >= 4 is 218 Å². The largest absolute Gasteiger partial charge is 0.454 e. The van der Waals surface area contributed by atoms with Crippen LogP contribution in [0.2, 0.25) is 0 Å². The number of nitrogen functional groups attached to an aromatic ring is 1. The lowest BCUT2D eigenvalue weighted by molar-refractivity contribution is 0.669. The van der Waals surface area contributed by atoms with Crippen LogP contribution in [0.4, 0.5) is 34.1 Å². The molecule has 0 aliphatic heterocycles. The second-order valence-electron chi connectivity index (χ2n) is 29.4. The summed E-state index contributed by atoms with van der Waals surface area (Å²) in [5, 5.41) is 30.5. The predicted molar refractivity (Wildman–Crippen MR) is 509 cm³/mol. The van der Waals surface area contributed by atoms with Crippen molar-refractivity contribution in [3.8, 4) is 22.3 Å². The third-order valence-corrected chi connectivity index (χ3v) is 23.6. The summed E-state index contributed by atoms with van der Waals surface area (Å²) in [4.78, 5) is 2.37. The zero-order valence-corrected chi connectivity index (χ0v) is 67.1. The molecule has 0 amide bonds. The van der Waals surface area contributed by atoms with Gasteiger partial charge in [-0.05, 0) is 177 Å². The lowest BCUT2D eigenvalue weighted by atomic mass is 9.97. The first kappa shape index (κ1) is 72.4. The maximum atomic E-state index is 6.61. The molecule has 8 heteroatoms. The van der Waals surface area contributed by atoms with Gasteiger partial charge in [0.2, 0.25) is 0 Å². The minimum Gasteiger partial charge on any atom is -0.454 e. The Morgan fingerprint density at radius 2 is 0.585 bits per heavy atom. The van der Waals surface area contributed by atoms with Crippen LogP contribution in [0.5, 0.6) is 0 Å². The average molecular weight is 1640 g/mol. The zero-order chi connectivity index (χ0) is 79.0. The second kappa shape index (κ2) is 31.7. The number of nitrogens with two attached hydrogens (primary N) is 1. The normalized spacial score (nSPS) is 11.3. The Bertz CT molecular complexity index is 7910. The van der Waals surface area contributed by atoms with Gasteiger partial charge in [-0.1, -0.05) is 378 Å². The van der Waals surface area contributed by atoms with Crippen LogP contribution in [0.1, 0.15) is 0 Å². The molecule has 0 saturated heterocycles. The molecule has 0 aliphatic rings. The fourth-order valence-corrected chi connectivity index (χ4v) is 17.7. The number of hydrogen-bond donors (Lipinski definition) is 2. The summed E-state index contributed by atoms with van der Waals surface area (Å²) in [6.45, 7) is 0. The van der Waals surface area contributed by atoms with Crippen molar-refractivity contribution in [3.63, 3.8) is 0 Å². The van der Waals surface area contributed by atoms with E-state index in [0.717, 1.165) is 103 Å². The molecule has 21 aromatic carbocycles. The van der Waals surface area contributed by atoms with E-state index in [-0.39, 0.29) is 0 Å². The topological polar surface area (TPSA) is 80.7 Å². The van der Waals surface area contributed by atoms with Crippen molar-refractivity contribution in [2.45, 2.75) is 0 Å². The van der Waals surface area contributed by atoms with Crippen LogP contribution in [0.25, 0.3) is 174 Å². The molecule has 0 fully saturated rings. The molecule has 0 spiro atoms. The van der Waals surface area contributed by atoms with Crippen LogP contribution in [-0.2, 0) is 0 Å². The van der Waals surface area contributed by atoms with Crippen molar-refractivity contribution in [2.24, 2.45) is 0 Å². The van der Waals surface area contributed by atoms with E-state index in [0.29, 0.717) is 5.69 Å². The molecule has 24 rings (SSSR count). The maximum Gasteiger partial charge on any atom is 0.159 e. The standard InChI is InChI=1S/C42H27NO.C26H17NO.C16H11Br.C14H9Br.C12H9NO/c1-3-14-32-28(11-1)13-9-19-33(32)29-23-25-31(26-24-29)43(39-21-10-20-38-37-18-7-8-22-41(37)44-42(38)39)40-27-30-12-2-4-15-34(30)35-16-5-6-17-36(35)40;1-2-9-18-17(8-1)16-24(20-11-4-3-10-19(18)20)27-23-14-7-13-22-21-12-5-6-15-25(21)28-26(22)23;17-14-10-8-13(9-11-14)16-7-3-5-12-4-1-2-6-15(12)16;15-14-9-10-5-1-2-6-11(10)12-7-3-4-8-13(12)14;13-10-6-3-5-9-8-4-1-2-7-11(8)14-12(9)10/h1-27H;1-16,27H;1-11H;1-9H;1-7H,13H2. The Hall–Kier alpha value is -14.5. The molecule has 3 N–H and O–H groups in total. The van der Waals surface area contributed by atoms with Crippen LogP contribution in [-0.4, -0.2) is 0 Å². The summed E-state index contributed by atoms with van der Waals surface area (Å²) in [5.74, 6) is 0. The van der Waals surface area contributed by atoms with Gasteiger partial charge in [0.05, 0.1) is 22.7 Å². The molecular weight excluding hydrogens is 1570 g/mol. The molecule has 0 atom stereocenters. The number of hydrogen-bond acceptors (Lipinski definition) is 6. The lowest BCUT2D eigenvalue weighted by Gasteiger charge is -2.28. The van der Waals surface area contributed by atoms with Gasteiger partial charge in [-0.2, -0.15) is 0 Å². The quantitative estimate of drug-likeness (QED) is 0.122. The van der Waals surface area contributed by atoms with E-state index in [2.05, 4.69) is 394 Å². The molecule has 0 bridgehead atoms. The van der Waals surface area contributed by atoms with E-state index in [1.165, 1.54) is 108 Å². The summed E-state index contributed by atoms with van der Waals surface area (Å²) in [6.07, 6.45) is 0. The first-order valence-corrected chi connectivity index (χ1v) is 41.1. The van der Waals surface area contributed by atoms with Crippen molar-refractivity contribution in [3.05, 3.63) is 434 Å². The van der Waals surface area contributed by atoms with Crippen molar-refractivity contribution in [1.82, 2.24) is 0 Å². The van der Waals surface area contributed by atoms with E-state index >= 15 is 0 Å². The Balaban J connectivity index is 0.000000103. The predicted octanol–water partition coefficient (Wildman–Crippen LogP) is 33.0. The van der Waals surface area contributed by atoms with Gasteiger partial charge >= 0.3 is 0 Å². The van der Waals surface area contributed by atoms with Gasteiger partial charge in [0.25, 0.3) is 0 Å². The number of benzene rings is 21. The van der Waals surface area contributed by atoms with Gasteiger partial charge < -0.3 is 29.2 Å². The Morgan fingerprint density at radius 1 is 0.229 bits per heavy atom. The van der Waals surface area contributed by atoms with Crippen LogP contribution < -0.4 is 16.0 Å². The monoisotopic (exact) mass is 1640 g/mol. The van der Waals surface area contributed by atoms with Crippen molar-refractivity contribution in [2.75, 3.05) is 16.0 Å². The number of furan rings is 3. The molecule has 560 valence electrons. The van der Waals surface area contributed by atoms with E-state index in [4.69, 9.17) is 19.0 Å². The number of para-hydroxylation sites is 6. The molecule has 6 nitrogen and oxygen atoms in total. The summed E-state index contributed by atoms with van der Waals surface area (Å²) < 4.78 is 20.7. The molecule has 24 aromatic rings. The van der Waals surface area contributed by atoms with Crippen LogP contribution in [0.15, 0.2) is 447 Å². The zero-order valence-electron chi connectivity index (χ0n) is 63.9. The molecule has 0 unspecified atom stereocenters. The highest BCUT2D eigenvalue weighted by Gasteiger charge is 2.23.